The van der Waals surface area contributed by atoms with Crippen molar-refractivity contribution in [3.05, 3.63) is 66.4 Å². The minimum absolute atomic E-state index is 0.228. The molecule has 1 aromatic heterocycles. The first-order valence-corrected chi connectivity index (χ1v) is 8.02. The molecule has 126 valence electrons. The minimum atomic E-state index is -0.239. The van der Waals surface area contributed by atoms with Gasteiger partial charge in [0, 0.05) is 12.7 Å². The molecule has 1 aromatic carbocycles. The van der Waals surface area contributed by atoms with Crippen LogP contribution in [-0.2, 0) is 6.54 Å². The molecule has 3 N–H and O–H groups in total. The number of unbranched alkanes of at least 4 members (excludes halogenated alkanes) is 2. The Morgan fingerprint density at radius 2 is 2.17 bits per heavy atom. The van der Waals surface area contributed by atoms with Gasteiger partial charge in [0.1, 0.15) is 11.6 Å². The molecule has 0 atom stereocenters. The van der Waals surface area contributed by atoms with Gasteiger partial charge in [-0.1, -0.05) is 18.2 Å². The summed E-state index contributed by atoms with van der Waals surface area (Å²) in [5, 5.41) is 2.84. The number of hydrogen-bond acceptors (Lipinski definition) is 4. The van der Waals surface area contributed by atoms with Crippen molar-refractivity contribution in [2.24, 2.45) is 0 Å². The van der Waals surface area contributed by atoms with Crippen LogP contribution in [-0.4, -0.2) is 17.5 Å². The second kappa shape index (κ2) is 9.35. The summed E-state index contributed by atoms with van der Waals surface area (Å²) in [4.78, 5) is 16.0. The molecule has 0 saturated carbocycles. The van der Waals surface area contributed by atoms with Crippen LogP contribution in [0.25, 0.3) is 0 Å². The van der Waals surface area contributed by atoms with Crippen LogP contribution in [0, 0.1) is 0 Å². The number of allylic oxidation sites excluding steroid dienone is 1. The summed E-state index contributed by atoms with van der Waals surface area (Å²) < 4.78 is 5.73. The fourth-order valence-electron chi connectivity index (χ4n) is 2.21. The third-order valence-electron chi connectivity index (χ3n) is 3.51. The molecule has 1 amide bonds. The van der Waals surface area contributed by atoms with E-state index < -0.39 is 0 Å². The van der Waals surface area contributed by atoms with Gasteiger partial charge in [0.15, 0.2) is 0 Å². The highest BCUT2D eigenvalue weighted by atomic mass is 16.5. The second-order valence-corrected chi connectivity index (χ2v) is 5.40. The molecule has 0 bridgehead atoms. The Morgan fingerprint density at radius 3 is 2.96 bits per heavy atom. The third-order valence-corrected chi connectivity index (χ3v) is 3.51. The molecule has 1 heterocycles. The van der Waals surface area contributed by atoms with Crippen molar-refractivity contribution >= 4 is 11.7 Å². The van der Waals surface area contributed by atoms with Gasteiger partial charge in [-0.05, 0) is 49.1 Å². The van der Waals surface area contributed by atoms with Crippen LogP contribution >= 0.6 is 0 Å². The SMILES string of the molecule is C=CCCCCOc1cccc(CNC(=O)c2cccnc2N)c1. The van der Waals surface area contributed by atoms with Gasteiger partial charge in [-0.25, -0.2) is 4.98 Å². The van der Waals surface area contributed by atoms with E-state index in [1.807, 2.05) is 30.3 Å². The summed E-state index contributed by atoms with van der Waals surface area (Å²) in [7, 11) is 0. The predicted molar refractivity (Wildman–Crippen MR) is 95.8 cm³/mol. The number of aromatic nitrogens is 1. The lowest BCUT2D eigenvalue weighted by molar-refractivity contribution is 0.0951. The zero-order chi connectivity index (χ0) is 17.2. The van der Waals surface area contributed by atoms with E-state index in [2.05, 4.69) is 16.9 Å². The molecule has 0 aliphatic carbocycles. The van der Waals surface area contributed by atoms with Gasteiger partial charge in [0.2, 0.25) is 0 Å². The smallest absolute Gasteiger partial charge is 0.255 e. The summed E-state index contributed by atoms with van der Waals surface area (Å²) in [5.74, 6) is 0.796. The van der Waals surface area contributed by atoms with Crippen LogP contribution in [0.15, 0.2) is 55.3 Å². The zero-order valence-corrected chi connectivity index (χ0v) is 13.7. The number of amides is 1. The fourth-order valence-corrected chi connectivity index (χ4v) is 2.21. The quantitative estimate of drug-likeness (QED) is 0.547. The number of nitrogens with one attached hydrogen (secondary N) is 1. The molecule has 0 aliphatic rings. The van der Waals surface area contributed by atoms with Crippen LogP contribution in [0.1, 0.15) is 35.2 Å². The Hall–Kier alpha value is -2.82. The van der Waals surface area contributed by atoms with Gasteiger partial charge in [0.25, 0.3) is 5.91 Å². The van der Waals surface area contributed by atoms with E-state index in [0.29, 0.717) is 18.7 Å². The first-order chi connectivity index (χ1) is 11.7. The maximum Gasteiger partial charge on any atom is 0.255 e. The van der Waals surface area contributed by atoms with E-state index in [1.54, 1.807) is 18.3 Å². The van der Waals surface area contributed by atoms with Crippen molar-refractivity contribution < 1.29 is 9.53 Å². The highest BCUT2D eigenvalue weighted by molar-refractivity contribution is 5.98. The minimum Gasteiger partial charge on any atom is -0.494 e. The van der Waals surface area contributed by atoms with E-state index >= 15 is 0 Å². The van der Waals surface area contributed by atoms with Gasteiger partial charge in [0.05, 0.1) is 12.2 Å². The van der Waals surface area contributed by atoms with Gasteiger partial charge >= 0.3 is 0 Å². The van der Waals surface area contributed by atoms with Crippen LogP contribution in [0.3, 0.4) is 0 Å². The molecule has 0 aliphatic heterocycles. The maximum absolute atomic E-state index is 12.1. The molecule has 2 rings (SSSR count). The average Bonchev–Trinajstić information content (AvgIpc) is 2.60. The van der Waals surface area contributed by atoms with Crippen LogP contribution in [0.2, 0.25) is 0 Å². The van der Waals surface area contributed by atoms with E-state index in [0.717, 1.165) is 30.6 Å². The van der Waals surface area contributed by atoms with Gasteiger partial charge in [-0.2, -0.15) is 0 Å². The van der Waals surface area contributed by atoms with Crippen molar-refractivity contribution in [3.63, 3.8) is 0 Å². The monoisotopic (exact) mass is 325 g/mol. The summed E-state index contributed by atoms with van der Waals surface area (Å²) in [6.07, 6.45) is 6.55. The average molecular weight is 325 g/mol. The molecule has 24 heavy (non-hydrogen) atoms. The molecule has 0 radical (unpaired) electrons. The van der Waals surface area contributed by atoms with Crippen molar-refractivity contribution in [1.29, 1.82) is 0 Å². The highest BCUT2D eigenvalue weighted by Gasteiger charge is 2.09. The number of nitrogen functional groups attached to an aromatic ring is 1. The molecular formula is C19H23N3O2. The van der Waals surface area contributed by atoms with E-state index in [4.69, 9.17) is 10.5 Å². The lowest BCUT2D eigenvalue weighted by atomic mass is 10.2. The summed E-state index contributed by atoms with van der Waals surface area (Å²) in [6, 6.07) is 11.0. The number of carbonyl (C=O) groups is 1. The number of hydrogen-bond donors (Lipinski definition) is 2. The van der Waals surface area contributed by atoms with E-state index in [-0.39, 0.29) is 11.7 Å². The molecule has 0 fully saturated rings. The highest BCUT2D eigenvalue weighted by Crippen LogP contribution is 2.14. The number of nitrogens with zero attached hydrogens (tertiary/aromatic N) is 1. The number of ether oxygens (including phenoxy) is 1. The summed E-state index contributed by atoms with van der Waals surface area (Å²) >= 11 is 0. The van der Waals surface area contributed by atoms with Gasteiger partial charge in [-0.3, -0.25) is 4.79 Å². The Balaban J connectivity index is 1.84. The number of benzene rings is 1. The molecule has 0 saturated heterocycles. The van der Waals surface area contributed by atoms with E-state index in [1.165, 1.54) is 0 Å². The Labute approximate surface area is 142 Å². The third kappa shape index (κ3) is 5.43. The summed E-state index contributed by atoms with van der Waals surface area (Å²) in [5.41, 5.74) is 7.05. The number of anilines is 1. The van der Waals surface area contributed by atoms with Crippen LogP contribution in [0.5, 0.6) is 5.75 Å². The Morgan fingerprint density at radius 1 is 1.29 bits per heavy atom. The number of rotatable bonds is 9. The number of nitrogens with two attached hydrogens (primary N) is 1. The fraction of sp³-hybridized carbons (Fsp3) is 0.263. The molecule has 5 nitrogen and oxygen atoms in total. The molecule has 0 spiro atoms. The Kier molecular flexibility index (Phi) is 6.83. The van der Waals surface area contributed by atoms with Gasteiger partial charge < -0.3 is 15.8 Å². The largest absolute Gasteiger partial charge is 0.494 e. The lowest BCUT2D eigenvalue weighted by Gasteiger charge is -2.09. The zero-order valence-electron chi connectivity index (χ0n) is 13.7. The van der Waals surface area contributed by atoms with Crippen molar-refractivity contribution in [3.8, 4) is 5.75 Å². The first kappa shape index (κ1) is 17.5. The van der Waals surface area contributed by atoms with Crippen molar-refractivity contribution in [2.75, 3.05) is 12.3 Å². The maximum atomic E-state index is 12.1. The first-order valence-electron chi connectivity index (χ1n) is 8.02. The van der Waals surface area contributed by atoms with Crippen LogP contribution < -0.4 is 15.8 Å². The van der Waals surface area contributed by atoms with Crippen molar-refractivity contribution in [1.82, 2.24) is 10.3 Å². The molecule has 0 unspecified atom stereocenters. The van der Waals surface area contributed by atoms with Crippen molar-refractivity contribution in [2.45, 2.75) is 25.8 Å². The molecule has 5 heteroatoms. The second-order valence-electron chi connectivity index (χ2n) is 5.40. The number of pyridine rings is 1. The standard InChI is InChI=1S/C19H23N3O2/c1-2-3-4-5-12-24-16-9-6-8-15(13-16)14-22-19(23)17-10-7-11-21-18(17)20/h2,6-11,13H,1,3-5,12,14H2,(H2,20,21)(H,22,23). The molecule has 2 aromatic rings. The Bertz CT molecular complexity index is 686. The molecular weight excluding hydrogens is 302 g/mol. The number of carbonyl (C=O) groups excluding carboxylic acids is 1. The predicted octanol–water partition coefficient (Wildman–Crippen LogP) is 3.33. The summed E-state index contributed by atoms with van der Waals surface area (Å²) in [6.45, 7) is 4.78. The van der Waals surface area contributed by atoms with Crippen LogP contribution in [0.4, 0.5) is 5.82 Å². The lowest BCUT2D eigenvalue weighted by Crippen LogP contribution is -2.24. The topological polar surface area (TPSA) is 77.2 Å². The van der Waals surface area contributed by atoms with E-state index in [9.17, 15) is 4.79 Å². The normalized spacial score (nSPS) is 10.2. The van der Waals surface area contributed by atoms with Gasteiger partial charge in [-0.15, -0.1) is 6.58 Å².